The Labute approximate surface area is 106 Å². The van der Waals surface area contributed by atoms with E-state index in [1.165, 1.54) is 23.1 Å². The highest BCUT2D eigenvalue weighted by atomic mass is 32.2. The lowest BCUT2D eigenvalue weighted by Gasteiger charge is -1.99. The van der Waals surface area contributed by atoms with Crippen LogP contribution in [0.5, 0.6) is 0 Å². The van der Waals surface area contributed by atoms with Gasteiger partial charge in [0.15, 0.2) is 5.13 Å². The summed E-state index contributed by atoms with van der Waals surface area (Å²) in [6.45, 7) is 0. The predicted molar refractivity (Wildman–Crippen MR) is 70.2 cm³/mol. The fourth-order valence-electron chi connectivity index (χ4n) is 1.41. The van der Waals surface area contributed by atoms with Crippen molar-refractivity contribution in [3.05, 3.63) is 36.7 Å². The van der Waals surface area contributed by atoms with Gasteiger partial charge in [0.1, 0.15) is 5.03 Å². The zero-order valence-corrected chi connectivity index (χ0v) is 10.3. The molecule has 0 spiro atoms. The topological polar surface area (TPSA) is 64.7 Å². The quantitative estimate of drug-likeness (QED) is 0.767. The second-order valence-corrected chi connectivity index (χ2v) is 5.70. The minimum atomic E-state index is 0.571. The Balaban J connectivity index is 1.95. The van der Waals surface area contributed by atoms with Crippen LogP contribution in [0.25, 0.3) is 11.0 Å². The molecule has 0 aliphatic rings. The van der Waals surface area contributed by atoms with Crippen LogP contribution in [0.4, 0.5) is 5.13 Å². The van der Waals surface area contributed by atoms with Crippen LogP contribution in [0.15, 0.2) is 45.9 Å². The van der Waals surface area contributed by atoms with Gasteiger partial charge in [-0.3, -0.25) is 4.98 Å². The van der Waals surface area contributed by atoms with Gasteiger partial charge in [-0.2, -0.15) is 0 Å². The van der Waals surface area contributed by atoms with Crippen molar-refractivity contribution in [2.45, 2.75) is 9.24 Å². The number of anilines is 1. The van der Waals surface area contributed by atoms with Crippen LogP contribution in [0.2, 0.25) is 0 Å². The van der Waals surface area contributed by atoms with Crippen molar-refractivity contribution in [3.8, 4) is 0 Å². The molecule has 2 aromatic heterocycles. The van der Waals surface area contributed by atoms with Crippen LogP contribution in [-0.4, -0.2) is 15.0 Å². The maximum absolute atomic E-state index is 5.58. The highest BCUT2D eigenvalue weighted by Crippen LogP contribution is 2.31. The number of thiazole rings is 1. The number of hydrogen-bond acceptors (Lipinski definition) is 6. The summed E-state index contributed by atoms with van der Waals surface area (Å²) in [5, 5.41) is 1.42. The van der Waals surface area contributed by atoms with Crippen LogP contribution < -0.4 is 5.73 Å². The molecule has 2 N–H and O–H groups in total. The third kappa shape index (κ3) is 2.22. The van der Waals surface area contributed by atoms with Crippen molar-refractivity contribution in [2.24, 2.45) is 0 Å². The monoisotopic (exact) mass is 260 g/mol. The number of rotatable bonds is 2. The van der Waals surface area contributed by atoms with Gasteiger partial charge in [-0.1, -0.05) is 35.2 Å². The Morgan fingerprint density at radius 2 is 1.88 bits per heavy atom. The summed E-state index contributed by atoms with van der Waals surface area (Å²) in [7, 11) is 0. The molecule has 0 unspecified atom stereocenters. The zero-order valence-electron chi connectivity index (χ0n) is 8.70. The van der Waals surface area contributed by atoms with Gasteiger partial charge in [-0.25, -0.2) is 9.97 Å². The van der Waals surface area contributed by atoms with E-state index >= 15 is 0 Å². The molecule has 6 heteroatoms. The van der Waals surface area contributed by atoms with E-state index in [1.807, 2.05) is 24.3 Å². The molecule has 0 bridgehead atoms. The number of nitrogens with zero attached hydrogens (tertiary/aromatic N) is 3. The van der Waals surface area contributed by atoms with Gasteiger partial charge < -0.3 is 5.73 Å². The molecule has 0 saturated heterocycles. The Bertz CT molecular complexity index is 665. The van der Waals surface area contributed by atoms with Crippen LogP contribution in [0.1, 0.15) is 0 Å². The smallest absolute Gasteiger partial charge is 0.181 e. The van der Waals surface area contributed by atoms with Crippen LogP contribution >= 0.6 is 23.1 Å². The summed E-state index contributed by atoms with van der Waals surface area (Å²) in [5.41, 5.74) is 7.38. The maximum Gasteiger partial charge on any atom is 0.181 e. The van der Waals surface area contributed by atoms with E-state index in [2.05, 4.69) is 15.0 Å². The summed E-state index contributed by atoms with van der Waals surface area (Å²) in [5.74, 6) is 0. The molecule has 0 aliphatic carbocycles. The van der Waals surface area contributed by atoms with Crippen molar-refractivity contribution in [1.82, 2.24) is 15.0 Å². The summed E-state index contributed by atoms with van der Waals surface area (Å²) < 4.78 is 1.02. The Kier molecular flexibility index (Phi) is 2.66. The van der Waals surface area contributed by atoms with Gasteiger partial charge >= 0.3 is 0 Å². The fraction of sp³-hybridized carbons (Fsp3) is 0. The first-order chi connectivity index (χ1) is 8.31. The summed E-state index contributed by atoms with van der Waals surface area (Å²) in [6.07, 6.45) is 3.52. The summed E-state index contributed by atoms with van der Waals surface area (Å²) >= 11 is 2.98. The number of aromatic nitrogens is 3. The Hall–Kier alpha value is -1.66. The first kappa shape index (κ1) is 10.5. The first-order valence-corrected chi connectivity index (χ1v) is 6.55. The van der Waals surface area contributed by atoms with Gasteiger partial charge in [-0.15, -0.1) is 0 Å². The molecule has 0 atom stereocenters. The second-order valence-electron chi connectivity index (χ2n) is 3.32. The third-order valence-electron chi connectivity index (χ3n) is 2.13. The Morgan fingerprint density at radius 3 is 2.65 bits per heavy atom. The number of nitrogen functional groups attached to an aromatic ring is 1. The highest BCUT2D eigenvalue weighted by molar-refractivity contribution is 8.01. The number of para-hydroxylation sites is 2. The highest BCUT2D eigenvalue weighted by Gasteiger charge is 2.04. The minimum absolute atomic E-state index is 0.571. The molecule has 84 valence electrons. The van der Waals surface area contributed by atoms with E-state index in [0.29, 0.717) is 5.13 Å². The molecule has 0 saturated carbocycles. The number of fused-ring (bicyclic) bond motifs is 1. The zero-order chi connectivity index (χ0) is 11.7. The molecule has 3 rings (SSSR count). The van der Waals surface area contributed by atoms with Crippen LogP contribution in [0.3, 0.4) is 0 Å². The number of nitrogens with two attached hydrogens (primary N) is 1. The van der Waals surface area contributed by atoms with E-state index in [9.17, 15) is 0 Å². The molecular weight excluding hydrogens is 252 g/mol. The summed E-state index contributed by atoms with van der Waals surface area (Å²) in [6, 6.07) is 7.80. The average molecular weight is 260 g/mol. The first-order valence-electron chi connectivity index (χ1n) is 4.92. The lowest BCUT2D eigenvalue weighted by atomic mass is 10.3. The molecule has 2 heterocycles. The molecule has 3 aromatic rings. The molecule has 17 heavy (non-hydrogen) atoms. The largest absolute Gasteiger partial charge is 0.375 e. The fourth-order valence-corrected chi connectivity index (χ4v) is 3.07. The molecule has 0 amide bonds. The lowest BCUT2D eigenvalue weighted by Crippen LogP contribution is -1.85. The van der Waals surface area contributed by atoms with E-state index < -0.39 is 0 Å². The lowest BCUT2D eigenvalue weighted by molar-refractivity contribution is 1.12. The SMILES string of the molecule is Nc1ncc(Sc2cnc3ccccc3n2)s1. The van der Waals surface area contributed by atoms with E-state index in [4.69, 9.17) is 5.73 Å². The van der Waals surface area contributed by atoms with Crippen LogP contribution in [-0.2, 0) is 0 Å². The molecule has 0 fully saturated rings. The maximum atomic E-state index is 5.58. The van der Waals surface area contributed by atoms with Crippen molar-refractivity contribution in [1.29, 1.82) is 0 Å². The van der Waals surface area contributed by atoms with Gasteiger partial charge in [0.2, 0.25) is 0 Å². The summed E-state index contributed by atoms with van der Waals surface area (Å²) in [4.78, 5) is 12.9. The van der Waals surface area contributed by atoms with Crippen molar-refractivity contribution in [3.63, 3.8) is 0 Å². The average Bonchev–Trinajstić information content (AvgIpc) is 2.75. The van der Waals surface area contributed by atoms with Gasteiger partial charge in [0, 0.05) is 0 Å². The van der Waals surface area contributed by atoms with Crippen molar-refractivity contribution >= 4 is 39.3 Å². The third-order valence-corrected chi connectivity index (χ3v) is 3.97. The van der Waals surface area contributed by atoms with Gasteiger partial charge in [0.25, 0.3) is 0 Å². The van der Waals surface area contributed by atoms with Gasteiger partial charge in [0.05, 0.1) is 27.6 Å². The molecule has 1 aromatic carbocycles. The van der Waals surface area contributed by atoms with Crippen LogP contribution in [0, 0.1) is 0 Å². The second kappa shape index (κ2) is 4.31. The van der Waals surface area contributed by atoms with E-state index in [1.54, 1.807) is 12.4 Å². The van der Waals surface area contributed by atoms with E-state index in [0.717, 1.165) is 20.3 Å². The molecule has 0 radical (unpaired) electrons. The Morgan fingerprint density at radius 1 is 1.06 bits per heavy atom. The number of hydrogen-bond donors (Lipinski definition) is 1. The van der Waals surface area contributed by atoms with Gasteiger partial charge in [-0.05, 0) is 12.1 Å². The predicted octanol–water partition coefficient (Wildman–Crippen LogP) is 2.82. The molecule has 4 nitrogen and oxygen atoms in total. The van der Waals surface area contributed by atoms with E-state index in [-0.39, 0.29) is 0 Å². The van der Waals surface area contributed by atoms with Crippen molar-refractivity contribution < 1.29 is 0 Å². The molecular formula is C11H8N4S2. The minimum Gasteiger partial charge on any atom is -0.375 e. The van der Waals surface area contributed by atoms with Crippen molar-refractivity contribution in [2.75, 3.05) is 5.73 Å². The molecule has 0 aliphatic heterocycles. The number of benzene rings is 1. The normalized spacial score (nSPS) is 10.8. The standard InChI is InChI=1S/C11H8N4S2/c12-11-14-6-10(17-11)16-9-5-13-7-3-1-2-4-8(7)15-9/h1-6H,(H2,12,14).